The highest BCUT2D eigenvalue weighted by molar-refractivity contribution is 5.72. The Morgan fingerprint density at radius 1 is 1.26 bits per heavy atom. The smallest absolute Gasteiger partial charge is 0.308 e. The van der Waals surface area contributed by atoms with Crippen LogP contribution in [0.5, 0.6) is 0 Å². The maximum Gasteiger partial charge on any atom is 0.308 e. The molecule has 1 saturated carbocycles. The van der Waals surface area contributed by atoms with E-state index in [1.165, 1.54) is 0 Å². The first kappa shape index (κ1) is 18.5. The second kappa shape index (κ2) is 7.83. The molecule has 3 heteroatoms. The number of rotatable bonds is 5. The van der Waals surface area contributed by atoms with Crippen LogP contribution in [-0.2, 0) is 9.53 Å². The number of aliphatic hydroxyl groups is 1. The average Bonchev–Trinajstić information content (AvgIpc) is 2.52. The fourth-order valence-electron chi connectivity index (χ4n) is 4.54. The molecule has 0 aromatic heterocycles. The minimum absolute atomic E-state index is 0.0433. The standard InChI is InChI=1S/C20H34O3/c1-6-14(5)20(22)23-18-10-13(4)9-15-7-8-16(12(2)3)17(11-21)19(15)18/h7-8,12-19,21H,6,9-11H2,1-5H3/t13-,14-,15-,16+,17-,18-,19-/m0/s1. The van der Waals surface area contributed by atoms with E-state index in [4.69, 9.17) is 4.74 Å². The lowest BCUT2D eigenvalue weighted by molar-refractivity contribution is -0.164. The van der Waals surface area contributed by atoms with Crippen LogP contribution >= 0.6 is 0 Å². The van der Waals surface area contributed by atoms with Crippen LogP contribution in [0, 0.1) is 41.4 Å². The summed E-state index contributed by atoms with van der Waals surface area (Å²) in [5, 5.41) is 10.0. The van der Waals surface area contributed by atoms with Crippen LogP contribution in [0.25, 0.3) is 0 Å². The Morgan fingerprint density at radius 3 is 2.52 bits per heavy atom. The van der Waals surface area contributed by atoms with E-state index in [1.54, 1.807) is 0 Å². The first-order chi connectivity index (χ1) is 10.9. The minimum atomic E-state index is -0.0716. The first-order valence-electron chi connectivity index (χ1n) is 9.38. The van der Waals surface area contributed by atoms with Crippen molar-refractivity contribution in [2.45, 2.75) is 60.0 Å². The Kier molecular flexibility index (Phi) is 6.30. The highest BCUT2D eigenvalue weighted by Gasteiger charge is 2.46. The number of esters is 1. The molecule has 0 amide bonds. The molecule has 3 nitrogen and oxygen atoms in total. The summed E-state index contributed by atoms with van der Waals surface area (Å²) in [4.78, 5) is 12.3. The van der Waals surface area contributed by atoms with Gasteiger partial charge in [0.05, 0.1) is 5.92 Å². The number of fused-ring (bicyclic) bond motifs is 1. The van der Waals surface area contributed by atoms with Crippen LogP contribution in [0.2, 0.25) is 0 Å². The molecule has 2 aliphatic carbocycles. The molecule has 0 bridgehead atoms. The minimum Gasteiger partial charge on any atom is -0.462 e. The number of hydrogen-bond acceptors (Lipinski definition) is 3. The monoisotopic (exact) mass is 322 g/mol. The summed E-state index contributed by atoms with van der Waals surface area (Å²) in [5.41, 5.74) is 0. The number of allylic oxidation sites excluding steroid dienone is 2. The van der Waals surface area contributed by atoms with Crippen LogP contribution in [0.15, 0.2) is 12.2 Å². The molecule has 2 aliphatic rings. The fraction of sp³-hybridized carbons (Fsp3) is 0.850. The van der Waals surface area contributed by atoms with Crippen LogP contribution in [0.1, 0.15) is 53.9 Å². The normalized spacial score (nSPS) is 38.2. The Morgan fingerprint density at radius 2 is 1.96 bits per heavy atom. The fourth-order valence-corrected chi connectivity index (χ4v) is 4.54. The molecule has 132 valence electrons. The predicted molar refractivity (Wildman–Crippen MR) is 92.8 cm³/mol. The number of carbonyl (C=O) groups excluding carboxylic acids is 1. The van der Waals surface area contributed by atoms with Gasteiger partial charge >= 0.3 is 5.97 Å². The van der Waals surface area contributed by atoms with Crippen molar-refractivity contribution < 1.29 is 14.6 Å². The van der Waals surface area contributed by atoms with Gasteiger partial charge in [-0.15, -0.1) is 0 Å². The molecule has 2 rings (SSSR count). The van der Waals surface area contributed by atoms with Gasteiger partial charge < -0.3 is 9.84 Å². The average molecular weight is 322 g/mol. The third-order valence-corrected chi connectivity index (χ3v) is 6.07. The van der Waals surface area contributed by atoms with E-state index in [-0.39, 0.29) is 36.4 Å². The van der Waals surface area contributed by atoms with E-state index >= 15 is 0 Å². The summed E-state index contributed by atoms with van der Waals surface area (Å²) in [6.07, 6.45) is 7.47. The molecular weight excluding hydrogens is 288 g/mol. The van der Waals surface area contributed by atoms with E-state index in [0.717, 1.165) is 19.3 Å². The van der Waals surface area contributed by atoms with Crippen molar-refractivity contribution in [2.24, 2.45) is 41.4 Å². The van der Waals surface area contributed by atoms with Crippen molar-refractivity contribution in [3.8, 4) is 0 Å². The molecule has 0 spiro atoms. The molecule has 0 heterocycles. The SMILES string of the molecule is CC[C@H](C)C(=O)O[C@H]1C[C@@H](C)C[C@@H]2C=C[C@H](C(C)C)[C@H](CO)[C@@H]12. The molecule has 7 atom stereocenters. The van der Waals surface area contributed by atoms with Gasteiger partial charge in [0, 0.05) is 12.5 Å². The zero-order valence-electron chi connectivity index (χ0n) is 15.4. The molecular formula is C20H34O3. The second-order valence-electron chi connectivity index (χ2n) is 8.16. The van der Waals surface area contributed by atoms with Gasteiger partial charge in [0.2, 0.25) is 0 Å². The second-order valence-corrected chi connectivity index (χ2v) is 8.16. The summed E-state index contributed by atoms with van der Waals surface area (Å²) >= 11 is 0. The van der Waals surface area contributed by atoms with E-state index in [0.29, 0.717) is 23.7 Å². The molecule has 0 aromatic rings. The molecule has 0 radical (unpaired) electrons. The van der Waals surface area contributed by atoms with E-state index < -0.39 is 0 Å². The quantitative estimate of drug-likeness (QED) is 0.613. The van der Waals surface area contributed by atoms with E-state index in [9.17, 15) is 9.90 Å². The van der Waals surface area contributed by atoms with Crippen LogP contribution < -0.4 is 0 Å². The number of hydrogen-bond donors (Lipinski definition) is 1. The Labute approximate surface area is 141 Å². The van der Waals surface area contributed by atoms with Crippen molar-refractivity contribution in [1.82, 2.24) is 0 Å². The lowest BCUT2D eigenvalue weighted by Gasteiger charge is -2.48. The topological polar surface area (TPSA) is 46.5 Å². The van der Waals surface area contributed by atoms with Gasteiger partial charge in [-0.05, 0) is 48.9 Å². The summed E-state index contributed by atoms with van der Waals surface area (Å²) in [5.74, 6) is 2.21. The van der Waals surface area contributed by atoms with Gasteiger partial charge in [-0.25, -0.2) is 0 Å². The predicted octanol–water partition coefficient (Wildman–Crippen LogP) is 4.06. The molecule has 1 N–H and O–H groups in total. The van der Waals surface area contributed by atoms with Gasteiger partial charge in [0.1, 0.15) is 6.10 Å². The third-order valence-electron chi connectivity index (χ3n) is 6.07. The molecule has 1 fully saturated rings. The first-order valence-corrected chi connectivity index (χ1v) is 9.38. The van der Waals surface area contributed by atoms with E-state index in [1.807, 2.05) is 13.8 Å². The zero-order valence-corrected chi connectivity index (χ0v) is 15.4. The molecule has 0 unspecified atom stereocenters. The van der Waals surface area contributed by atoms with Gasteiger partial charge in [0.15, 0.2) is 0 Å². The third kappa shape index (κ3) is 3.99. The highest BCUT2D eigenvalue weighted by Crippen LogP contribution is 2.47. The highest BCUT2D eigenvalue weighted by atomic mass is 16.5. The maximum absolute atomic E-state index is 12.3. The summed E-state index contributed by atoms with van der Waals surface area (Å²) < 4.78 is 5.96. The largest absolute Gasteiger partial charge is 0.462 e. The summed E-state index contributed by atoms with van der Waals surface area (Å²) in [7, 11) is 0. The molecule has 23 heavy (non-hydrogen) atoms. The summed E-state index contributed by atoms with van der Waals surface area (Å²) in [6.45, 7) is 10.8. The molecule has 0 saturated heterocycles. The Hall–Kier alpha value is -0.830. The Bertz CT molecular complexity index is 429. The number of aliphatic hydroxyl groups excluding tert-OH is 1. The maximum atomic E-state index is 12.3. The molecule has 0 aliphatic heterocycles. The van der Waals surface area contributed by atoms with Crippen molar-refractivity contribution in [3.63, 3.8) is 0 Å². The number of ether oxygens (including phenoxy) is 1. The number of carbonyl (C=O) groups is 1. The van der Waals surface area contributed by atoms with Crippen LogP contribution in [-0.4, -0.2) is 23.8 Å². The van der Waals surface area contributed by atoms with Gasteiger partial charge in [-0.1, -0.05) is 46.8 Å². The van der Waals surface area contributed by atoms with Crippen LogP contribution in [0.3, 0.4) is 0 Å². The Balaban J connectivity index is 2.23. The van der Waals surface area contributed by atoms with Crippen LogP contribution in [0.4, 0.5) is 0 Å². The van der Waals surface area contributed by atoms with Gasteiger partial charge in [-0.2, -0.15) is 0 Å². The van der Waals surface area contributed by atoms with Crippen molar-refractivity contribution in [3.05, 3.63) is 12.2 Å². The van der Waals surface area contributed by atoms with Gasteiger partial charge in [-0.3, -0.25) is 4.79 Å². The van der Waals surface area contributed by atoms with Gasteiger partial charge in [0.25, 0.3) is 0 Å². The summed E-state index contributed by atoms with van der Waals surface area (Å²) in [6, 6.07) is 0. The van der Waals surface area contributed by atoms with Crippen molar-refractivity contribution in [2.75, 3.05) is 6.61 Å². The molecule has 0 aromatic carbocycles. The van der Waals surface area contributed by atoms with E-state index in [2.05, 4.69) is 32.9 Å². The lowest BCUT2D eigenvalue weighted by Crippen LogP contribution is -2.48. The van der Waals surface area contributed by atoms with Crippen molar-refractivity contribution >= 4 is 5.97 Å². The van der Waals surface area contributed by atoms with Crippen molar-refractivity contribution in [1.29, 1.82) is 0 Å². The zero-order chi connectivity index (χ0) is 17.1. The lowest BCUT2D eigenvalue weighted by atomic mass is 9.60.